The van der Waals surface area contributed by atoms with E-state index in [1.54, 1.807) is 29.2 Å². The predicted octanol–water partition coefficient (Wildman–Crippen LogP) is 5.12. The molecular formula is C13H4Br2Cl2N4. The fourth-order valence-electron chi connectivity index (χ4n) is 1.91. The van der Waals surface area contributed by atoms with Crippen LogP contribution in [-0.4, -0.2) is 14.8 Å². The highest BCUT2D eigenvalue weighted by molar-refractivity contribution is 9.11. The molecule has 0 N–H and O–H groups in total. The Balaban J connectivity index is 2.29. The maximum atomic E-state index is 8.92. The lowest BCUT2D eigenvalue weighted by atomic mass is 10.2. The second-order valence-corrected chi connectivity index (χ2v) is 6.55. The van der Waals surface area contributed by atoms with E-state index in [1.807, 2.05) is 6.07 Å². The lowest BCUT2D eigenvalue weighted by Crippen LogP contribution is -1.97. The number of rotatable bonds is 1. The molecule has 2 aromatic heterocycles. The van der Waals surface area contributed by atoms with Gasteiger partial charge in [-0.25, -0.2) is 9.67 Å². The minimum Gasteiger partial charge on any atom is -0.247 e. The molecule has 0 aliphatic rings. The van der Waals surface area contributed by atoms with Crippen LogP contribution < -0.4 is 0 Å². The second kappa shape index (κ2) is 5.58. The van der Waals surface area contributed by atoms with Gasteiger partial charge in [0.2, 0.25) is 0 Å². The van der Waals surface area contributed by atoms with Gasteiger partial charge in [0.15, 0.2) is 0 Å². The van der Waals surface area contributed by atoms with Crippen LogP contribution in [0.15, 0.2) is 33.6 Å². The van der Waals surface area contributed by atoms with Crippen LogP contribution in [0.2, 0.25) is 10.0 Å². The summed E-state index contributed by atoms with van der Waals surface area (Å²) >= 11 is 19.2. The molecule has 0 saturated carbocycles. The van der Waals surface area contributed by atoms with Gasteiger partial charge in [0.25, 0.3) is 0 Å². The van der Waals surface area contributed by atoms with Gasteiger partial charge in [-0.15, -0.1) is 0 Å². The van der Waals surface area contributed by atoms with Gasteiger partial charge >= 0.3 is 0 Å². The molecule has 104 valence electrons. The third-order valence-electron chi connectivity index (χ3n) is 2.83. The molecule has 3 aromatic rings. The normalized spacial score (nSPS) is 10.8. The van der Waals surface area contributed by atoms with Gasteiger partial charge < -0.3 is 0 Å². The third kappa shape index (κ3) is 2.55. The highest BCUT2D eigenvalue weighted by Gasteiger charge is 2.15. The molecule has 21 heavy (non-hydrogen) atoms. The summed E-state index contributed by atoms with van der Waals surface area (Å²) < 4.78 is 3.02. The van der Waals surface area contributed by atoms with E-state index in [2.05, 4.69) is 41.9 Å². The Kier molecular flexibility index (Phi) is 3.93. The van der Waals surface area contributed by atoms with Crippen molar-refractivity contribution in [1.82, 2.24) is 14.8 Å². The summed E-state index contributed by atoms with van der Waals surface area (Å²) in [7, 11) is 0. The number of nitriles is 1. The van der Waals surface area contributed by atoms with Gasteiger partial charge in [0, 0.05) is 12.4 Å². The van der Waals surface area contributed by atoms with Crippen molar-refractivity contribution in [2.24, 2.45) is 0 Å². The van der Waals surface area contributed by atoms with Crippen molar-refractivity contribution >= 4 is 66.0 Å². The Morgan fingerprint density at radius 2 is 1.86 bits per heavy atom. The molecule has 0 aliphatic carbocycles. The maximum Gasteiger partial charge on any atom is 0.117 e. The van der Waals surface area contributed by atoms with Crippen LogP contribution in [0, 0.1) is 11.3 Å². The highest BCUT2D eigenvalue weighted by atomic mass is 79.9. The van der Waals surface area contributed by atoms with E-state index in [0.717, 1.165) is 15.4 Å². The summed E-state index contributed by atoms with van der Waals surface area (Å²) in [6.07, 6.45) is 3.43. The average Bonchev–Trinajstić information content (AvgIpc) is 2.88. The molecule has 1 aromatic carbocycles. The van der Waals surface area contributed by atoms with E-state index in [0.29, 0.717) is 25.9 Å². The number of hydrogen-bond donors (Lipinski definition) is 0. The zero-order valence-electron chi connectivity index (χ0n) is 10.1. The summed E-state index contributed by atoms with van der Waals surface area (Å²) in [5, 5.41) is 14.9. The minimum absolute atomic E-state index is 0.354. The minimum atomic E-state index is 0.354. The number of hydrogen-bond acceptors (Lipinski definition) is 3. The topological polar surface area (TPSA) is 54.5 Å². The number of halogens is 4. The Morgan fingerprint density at radius 3 is 2.43 bits per heavy atom. The number of pyridine rings is 1. The SMILES string of the molecule is N#Cc1cc(Cl)c(-n2cc3c(Br)ncc(Br)c3n2)c(Cl)c1. The van der Waals surface area contributed by atoms with Crippen LogP contribution in [0.25, 0.3) is 16.6 Å². The van der Waals surface area contributed by atoms with E-state index >= 15 is 0 Å². The van der Waals surface area contributed by atoms with E-state index < -0.39 is 0 Å². The third-order valence-corrected chi connectivity index (χ3v) is 4.62. The van der Waals surface area contributed by atoms with E-state index in [9.17, 15) is 0 Å². The molecule has 0 bridgehead atoms. The first-order valence-corrected chi connectivity index (χ1v) is 7.94. The number of benzene rings is 1. The summed E-state index contributed by atoms with van der Waals surface area (Å²) in [5.41, 5.74) is 1.65. The molecule has 0 fully saturated rings. The van der Waals surface area contributed by atoms with Crippen molar-refractivity contribution in [3.8, 4) is 11.8 Å². The smallest absolute Gasteiger partial charge is 0.117 e. The van der Waals surface area contributed by atoms with E-state index in [-0.39, 0.29) is 0 Å². The van der Waals surface area contributed by atoms with Crippen molar-refractivity contribution in [3.63, 3.8) is 0 Å². The van der Waals surface area contributed by atoms with Gasteiger partial charge in [0.05, 0.1) is 31.5 Å². The first kappa shape index (κ1) is 14.8. The van der Waals surface area contributed by atoms with Crippen molar-refractivity contribution in [1.29, 1.82) is 5.26 Å². The number of fused-ring (bicyclic) bond motifs is 1. The molecule has 3 rings (SSSR count). The largest absolute Gasteiger partial charge is 0.247 e. The first-order valence-electron chi connectivity index (χ1n) is 5.60. The molecule has 0 unspecified atom stereocenters. The lowest BCUT2D eigenvalue weighted by molar-refractivity contribution is 0.896. The van der Waals surface area contributed by atoms with Crippen LogP contribution in [0.4, 0.5) is 0 Å². The van der Waals surface area contributed by atoms with Crippen LogP contribution in [0.5, 0.6) is 0 Å². The van der Waals surface area contributed by atoms with Gasteiger partial charge in [0.1, 0.15) is 15.8 Å². The Bertz CT molecular complexity index is 852. The van der Waals surface area contributed by atoms with Crippen LogP contribution in [0.3, 0.4) is 0 Å². The molecule has 0 saturated heterocycles. The molecule has 0 amide bonds. The monoisotopic (exact) mass is 444 g/mol. The Morgan fingerprint density at radius 1 is 1.19 bits per heavy atom. The zero-order chi connectivity index (χ0) is 15.1. The van der Waals surface area contributed by atoms with Crippen LogP contribution in [-0.2, 0) is 0 Å². The fraction of sp³-hybridized carbons (Fsp3) is 0. The number of nitrogens with zero attached hydrogens (tertiary/aromatic N) is 4. The first-order chi connectivity index (χ1) is 10.0. The molecule has 2 heterocycles. The van der Waals surface area contributed by atoms with Gasteiger partial charge in [-0.1, -0.05) is 23.2 Å². The lowest BCUT2D eigenvalue weighted by Gasteiger charge is -2.07. The molecule has 4 nitrogen and oxygen atoms in total. The quantitative estimate of drug-likeness (QED) is 0.487. The summed E-state index contributed by atoms with van der Waals surface area (Å²) in [6, 6.07) is 5.11. The summed E-state index contributed by atoms with van der Waals surface area (Å²) in [5.74, 6) is 0. The standard InChI is InChI=1S/C13H4Br2Cl2N4/c14-8-4-19-13(15)7-5-21(20-11(7)8)12-9(16)1-6(3-18)2-10(12)17/h1-2,4-5H. The van der Waals surface area contributed by atoms with Crippen molar-refractivity contribution in [2.45, 2.75) is 0 Å². The van der Waals surface area contributed by atoms with Crippen molar-refractivity contribution in [2.75, 3.05) is 0 Å². The maximum absolute atomic E-state index is 8.92. The summed E-state index contributed by atoms with van der Waals surface area (Å²) in [6.45, 7) is 0. The molecule has 0 atom stereocenters. The van der Waals surface area contributed by atoms with Crippen molar-refractivity contribution in [3.05, 3.63) is 49.2 Å². The molecule has 0 aliphatic heterocycles. The van der Waals surface area contributed by atoms with E-state index in [4.69, 9.17) is 28.5 Å². The molecule has 0 radical (unpaired) electrons. The van der Waals surface area contributed by atoms with Gasteiger partial charge in [-0.3, -0.25) is 0 Å². The van der Waals surface area contributed by atoms with Gasteiger partial charge in [-0.2, -0.15) is 10.4 Å². The Hall–Kier alpha value is -1.13. The van der Waals surface area contributed by atoms with Crippen molar-refractivity contribution < 1.29 is 0 Å². The fourth-order valence-corrected chi connectivity index (χ4v) is 3.36. The van der Waals surface area contributed by atoms with Gasteiger partial charge in [-0.05, 0) is 44.0 Å². The van der Waals surface area contributed by atoms with Crippen LogP contribution >= 0.6 is 55.1 Å². The number of aromatic nitrogens is 3. The van der Waals surface area contributed by atoms with Crippen LogP contribution in [0.1, 0.15) is 5.56 Å². The van der Waals surface area contributed by atoms with E-state index in [1.165, 1.54) is 0 Å². The highest BCUT2D eigenvalue weighted by Crippen LogP contribution is 2.33. The predicted molar refractivity (Wildman–Crippen MR) is 89.0 cm³/mol. The zero-order valence-corrected chi connectivity index (χ0v) is 14.8. The molecular weight excluding hydrogens is 443 g/mol. The molecule has 0 spiro atoms. The Labute approximate surface area is 146 Å². The second-order valence-electron chi connectivity index (χ2n) is 4.13. The summed E-state index contributed by atoms with van der Waals surface area (Å²) in [4.78, 5) is 4.19. The average molecular weight is 447 g/mol. The molecule has 8 heteroatoms.